The Kier molecular flexibility index (Phi) is 4.22. The summed E-state index contributed by atoms with van der Waals surface area (Å²) in [6.45, 7) is 0. The molecule has 124 valence electrons. The highest BCUT2D eigenvalue weighted by Gasteiger charge is 2.13. The van der Waals surface area contributed by atoms with Crippen molar-refractivity contribution in [3.8, 4) is 5.69 Å². The van der Waals surface area contributed by atoms with Crippen molar-refractivity contribution in [3.63, 3.8) is 0 Å². The molecule has 0 spiro atoms. The highest BCUT2D eigenvalue weighted by atomic mass is 32.2. The van der Waals surface area contributed by atoms with E-state index in [4.69, 9.17) is 4.42 Å². The third-order valence-electron chi connectivity index (χ3n) is 3.63. The maximum atomic E-state index is 12.2. The van der Waals surface area contributed by atoms with E-state index in [1.54, 1.807) is 12.4 Å². The van der Waals surface area contributed by atoms with Crippen LogP contribution in [0.5, 0.6) is 0 Å². The fraction of sp³-hybridized carbons (Fsp3) is 0.0556. The van der Waals surface area contributed by atoms with E-state index in [1.807, 2.05) is 59.2 Å². The molecule has 0 saturated heterocycles. The Morgan fingerprint density at radius 3 is 2.76 bits per heavy atom. The number of amides is 1. The zero-order valence-electron chi connectivity index (χ0n) is 13.1. The Bertz CT molecular complexity index is 977. The van der Waals surface area contributed by atoms with E-state index in [-0.39, 0.29) is 5.91 Å². The maximum absolute atomic E-state index is 12.2. The Morgan fingerprint density at radius 1 is 1.12 bits per heavy atom. The highest BCUT2D eigenvalue weighted by molar-refractivity contribution is 7.99. The molecule has 0 aliphatic heterocycles. The van der Waals surface area contributed by atoms with Crippen LogP contribution in [0.2, 0.25) is 0 Å². The van der Waals surface area contributed by atoms with Gasteiger partial charge in [-0.1, -0.05) is 48.2 Å². The summed E-state index contributed by atoms with van der Waals surface area (Å²) >= 11 is 1.39. The molecule has 0 radical (unpaired) electrons. The SMILES string of the molecule is O=C(NCSc1nncn1-c1ccccc1)c1cc2ccccc2o1. The molecule has 0 unspecified atom stereocenters. The molecular formula is C18H14N4O2S. The van der Waals surface area contributed by atoms with Gasteiger partial charge in [-0.15, -0.1) is 10.2 Å². The van der Waals surface area contributed by atoms with Crippen molar-refractivity contribution in [2.24, 2.45) is 0 Å². The summed E-state index contributed by atoms with van der Waals surface area (Å²) in [5, 5.41) is 12.5. The standard InChI is InChI=1S/C18H14N4O2S/c23-17(16-10-13-6-4-5-9-15(13)24-16)19-12-25-18-21-20-11-22(18)14-7-2-1-3-8-14/h1-11H,12H2,(H,19,23). The second-order valence-electron chi connectivity index (χ2n) is 5.26. The molecule has 2 aromatic carbocycles. The lowest BCUT2D eigenvalue weighted by molar-refractivity contribution is 0.0935. The minimum Gasteiger partial charge on any atom is -0.451 e. The summed E-state index contributed by atoms with van der Waals surface area (Å²) in [6.07, 6.45) is 1.65. The van der Waals surface area contributed by atoms with Gasteiger partial charge in [0.15, 0.2) is 10.9 Å². The van der Waals surface area contributed by atoms with Crippen LogP contribution < -0.4 is 5.32 Å². The number of hydrogen-bond acceptors (Lipinski definition) is 5. The van der Waals surface area contributed by atoms with E-state index in [9.17, 15) is 4.79 Å². The Balaban J connectivity index is 1.41. The molecule has 0 aliphatic carbocycles. The average Bonchev–Trinajstić information content (AvgIpc) is 3.29. The van der Waals surface area contributed by atoms with Crippen LogP contribution in [0.4, 0.5) is 0 Å². The maximum Gasteiger partial charge on any atom is 0.287 e. The van der Waals surface area contributed by atoms with Gasteiger partial charge in [-0.3, -0.25) is 9.36 Å². The van der Waals surface area contributed by atoms with E-state index >= 15 is 0 Å². The monoisotopic (exact) mass is 350 g/mol. The first-order valence-corrected chi connectivity index (χ1v) is 8.65. The van der Waals surface area contributed by atoms with Crippen molar-refractivity contribution in [3.05, 3.63) is 72.8 Å². The van der Waals surface area contributed by atoms with Gasteiger partial charge >= 0.3 is 0 Å². The van der Waals surface area contributed by atoms with Crippen LogP contribution in [0.3, 0.4) is 0 Å². The predicted molar refractivity (Wildman–Crippen MR) is 95.8 cm³/mol. The molecule has 4 rings (SSSR count). The average molecular weight is 350 g/mol. The molecule has 7 heteroatoms. The molecule has 1 amide bonds. The minimum absolute atomic E-state index is 0.255. The molecule has 2 aromatic heterocycles. The number of carbonyl (C=O) groups excluding carboxylic acids is 1. The summed E-state index contributed by atoms with van der Waals surface area (Å²) in [4.78, 5) is 12.2. The van der Waals surface area contributed by atoms with Gasteiger partial charge < -0.3 is 9.73 Å². The topological polar surface area (TPSA) is 73.0 Å². The van der Waals surface area contributed by atoms with Crippen LogP contribution in [0, 0.1) is 0 Å². The van der Waals surface area contributed by atoms with E-state index in [0.29, 0.717) is 22.4 Å². The lowest BCUT2D eigenvalue weighted by Gasteiger charge is -2.06. The summed E-state index contributed by atoms with van der Waals surface area (Å²) in [6, 6.07) is 19.1. The summed E-state index contributed by atoms with van der Waals surface area (Å²) < 4.78 is 7.43. The number of hydrogen-bond donors (Lipinski definition) is 1. The second-order valence-corrected chi connectivity index (χ2v) is 6.20. The van der Waals surface area contributed by atoms with Crippen molar-refractivity contribution >= 4 is 28.6 Å². The molecule has 2 heterocycles. The Labute approximate surface area is 147 Å². The summed E-state index contributed by atoms with van der Waals surface area (Å²) in [7, 11) is 0. The third kappa shape index (κ3) is 3.27. The zero-order chi connectivity index (χ0) is 17.1. The third-order valence-corrected chi connectivity index (χ3v) is 4.46. The van der Waals surface area contributed by atoms with E-state index in [1.165, 1.54) is 11.8 Å². The van der Waals surface area contributed by atoms with Crippen LogP contribution in [-0.4, -0.2) is 26.5 Å². The number of furan rings is 1. The molecule has 0 fully saturated rings. The van der Waals surface area contributed by atoms with Gasteiger partial charge in [0, 0.05) is 11.1 Å². The van der Waals surface area contributed by atoms with Crippen molar-refractivity contribution in [2.45, 2.75) is 5.16 Å². The largest absolute Gasteiger partial charge is 0.451 e. The molecule has 0 saturated carbocycles. The molecule has 25 heavy (non-hydrogen) atoms. The first kappa shape index (κ1) is 15.5. The second kappa shape index (κ2) is 6.82. The number of para-hydroxylation sites is 2. The van der Waals surface area contributed by atoms with Gasteiger partial charge in [-0.2, -0.15) is 0 Å². The van der Waals surface area contributed by atoms with Gasteiger partial charge in [0.1, 0.15) is 11.9 Å². The predicted octanol–water partition coefficient (Wildman–Crippen LogP) is 3.49. The Hall–Kier alpha value is -3.06. The number of nitrogens with zero attached hydrogens (tertiary/aromatic N) is 3. The van der Waals surface area contributed by atoms with Crippen molar-refractivity contribution in [1.29, 1.82) is 0 Å². The summed E-state index contributed by atoms with van der Waals surface area (Å²) in [5.74, 6) is 0.405. The van der Waals surface area contributed by atoms with E-state index in [0.717, 1.165) is 11.1 Å². The molecule has 4 aromatic rings. The zero-order valence-corrected chi connectivity index (χ0v) is 13.9. The molecular weight excluding hydrogens is 336 g/mol. The van der Waals surface area contributed by atoms with Gasteiger partial charge in [0.2, 0.25) is 0 Å². The lowest BCUT2D eigenvalue weighted by Crippen LogP contribution is -2.22. The van der Waals surface area contributed by atoms with Crippen molar-refractivity contribution < 1.29 is 9.21 Å². The molecule has 6 nitrogen and oxygen atoms in total. The van der Waals surface area contributed by atoms with Gasteiger partial charge in [0.05, 0.1) is 5.88 Å². The molecule has 0 bridgehead atoms. The van der Waals surface area contributed by atoms with Crippen LogP contribution >= 0.6 is 11.8 Å². The number of fused-ring (bicyclic) bond motifs is 1. The molecule has 0 atom stereocenters. The normalized spacial score (nSPS) is 10.9. The van der Waals surface area contributed by atoms with Gasteiger partial charge in [-0.25, -0.2) is 0 Å². The van der Waals surface area contributed by atoms with E-state index in [2.05, 4.69) is 15.5 Å². The quantitative estimate of drug-likeness (QED) is 0.440. The minimum atomic E-state index is -0.255. The fourth-order valence-electron chi connectivity index (χ4n) is 2.44. The van der Waals surface area contributed by atoms with Crippen molar-refractivity contribution in [2.75, 3.05) is 5.88 Å². The number of rotatable bonds is 5. The molecule has 0 aliphatic rings. The first-order valence-electron chi connectivity index (χ1n) is 7.66. The first-order chi connectivity index (χ1) is 12.3. The van der Waals surface area contributed by atoms with Crippen LogP contribution in [0.1, 0.15) is 10.6 Å². The number of benzene rings is 2. The Morgan fingerprint density at radius 2 is 1.92 bits per heavy atom. The summed E-state index contributed by atoms with van der Waals surface area (Å²) in [5.41, 5.74) is 1.67. The smallest absolute Gasteiger partial charge is 0.287 e. The number of nitrogens with one attached hydrogen (secondary N) is 1. The lowest BCUT2D eigenvalue weighted by atomic mass is 10.2. The number of thioether (sulfide) groups is 1. The number of carbonyl (C=O) groups is 1. The van der Waals surface area contributed by atoms with Crippen LogP contribution in [0.15, 0.2) is 76.6 Å². The van der Waals surface area contributed by atoms with E-state index < -0.39 is 0 Å². The van der Waals surface area contributed by atoms with Crippen molar-refractivity contribution in [1.82, 2.24) is 20.1 Å². The van der Waals surface area contributed by atoms with Crippen LogP contribution in [0.25, 0.3) is 16.7 Å². The fourth-order valence-corrected chi connectivity index (χ4v) is 3.16. The number of aromatic nitrogens is 3. The highest BCUT2D eigenvalue weighted by Crippen LogP contribution is 2.20. The van der Waals surface area contributed by atoms with Crippen LogP contribution in [-0.2, 0) is 0 Å². The molecule has 1 N–H and O–H groups in total. The van der Waals surface area contributed by atoms with Gasteiger partial charge in [0.25, 0.3) is 5.91 Å². The van der Waals surface area contributed by atoms with Gasteiger partial charge in [-0.05, 0) is 24.3 Å².